The van der Waals surface area contributed by atoms with E-state index in [0.717, 1.165) is 13.1 Å². The van der Waals surface area contributed by atoms with Crippen LogP contribution in [-0.2, 0) is 6.54 Å². The molecule has 0 spiro atoms. The van der Waals surface area contributed by atoms with Crippen molar-refractivity contribution in [1.29, 1.82) is 0 Å². The van der Waals surface area contributed by atoms with E-state index in [1.807, 2.05) is 6.26 Å². The smallest absolute Gasteiger partial charge is 0.0947 e. The molecule has 3 heteroatoms. The second kappa shape index (κ2) is 5.69. The van der Waals surface area contributed by atoms with Gasteiger partial charge in [0.1, 0.15) is 0 Å². The Bertz CT molecular complexity index is 323. The molecule has 0 amide bonds. The second-order valence-electron chi connectivity index (χ2n) is 5.15. The van der Waals surface area contributed by atoms with Gasteiger partial charge in [0.05, 0.1) is 12.5 Å². The molecule has 1 fully saturated rings. The van der Waals surface area contributed by atoms with Crippen molar-refractivity contribution in [2.75, 3.05) is 13.1 Å². The molecule has 1 aliphatic heterocycles. The Morgan fingerprint density at radius 1 is 1.47 bits per heavy atom. The molecule has 0 aromatic carbocycles. The molecule has 0 saturated carbocycles. The molecule has 0 aliphatic carbocycles. The van der Waals surface area contributed by atoms with Gasteiger partial charge in [0.2, 0.25) is 0 Å². The van der Waals surface area contributed by atoms with Crippen molar-refractivity contribution >= 4 is 0 Å². The van der Waals surface area contributed by atoms with Crippen LogP contribution in [0.25, 0.3) is 0 Å². The van der Waals surface area contributed by atoms with Gasteiger partial charge in [-0.15, -0.1) is 0 Å². The molecule has 17 heavy (non-hydrogen) atoms. The van der Waals surface area contributed by atoms with E-state index in [2.05, 4.69) is 37.1 Å². The normalized spacial score (nSPS) is 30.6. The fourth-order valence-electron chi connectivity index (χ4n) is 2.83. The zero-order valence-corrected chi connectivity index (χ0v) is 11.1. The predicted molar refractivity (Wildman–Crippen MR) is 69.8 cm³/mol. The van der Waals surface area contributed by atoms with Gasteiger partial charge in [-0.1, -0.05) is 13.8 Å². The highest BCUT2D eigenvalue weighted by molar-refractivity contribution is 5.06. The van der Waals surface area contributed by atoms with Crippen LogP contribution >= 0.6 is 0 Å². The first-order chi connectivity index (χ1) is 8.22. The van der Waals surface area contributed by atoms with Crippen LogP contribution < -0.4 is 5.32 Å². The highest BCUT2D eigenvalue weighted by Crippen LogP contribution is 2.25. The number of rotatable bonds is 4. The molecule has 1 N–H and O–H groups in total. The minimum atomic E-state index is 0.627. The van der Waals surface area contributed by atoms with Crippen LogP contribution in [0.4, 0.5) is 0 Å². The minimum Gasteiger partial charge on any atom is -0.472 e. The number of likely N-dealkylation sites (tertiary alicyclic amines) is 1. The minimum absolute atomic E-state index is 0.627. The van der Waals surface area contributed by atoms with Gasteiger partial charge in [0, 0.05) is 30.7 Å². The van der Waals surface area contributed by atoms with Gasteiger partial charge in [-0.05, 0) is 31.9 Å². The first-order valence-electron chi connectivity index (χ1n) is 6.71. The molecule has 2 heterocycles. The first kappa shape index (κ1) is 12.7. The second-order valence-corrected chi connectivity index (χ2v) is 5.15. The average Bonchev–Trinajstić information content (AvgIpc) is 2.82. The average molecular weight is 236 g/mol. The maximum atomic E-state index is 5.14. The van der Waals surface area contributed by atoms with Crippen molar-refractivity contribution in [3.8, 4) is 0 Å². The number of furan rings is 1. The summed E-state index contributed by atoms with van der Waals surface area (Å²) in [4.78, 5) is 2.56. The predicted octanol–water partition coefficient (Wildman–Crippen LogP) is 2.49. The summed E-state index contributed by atoms with van der Waals surface area (Å²) in [5, 5.41) is 3.60. The molecule has 1 aliphatic rings. The van der Waals surface area contributed by atoms with E-state index < -0.39 is 0 Å². The lowest BCUT2D eigenvalue weighted by atomic mass is 9.87. The maximum Gasteiger partial charge on any atom is 0.0947 e. The molecule has 0 bridgehead atoms. The van der Waals surface area contributed by atoms with E-state index in [-0.39, 0.29) is 0 Å². The number of nitrogens with zero attached hydrogens (tertiary/aromatic N) is 1. The summed E-state index contributed by atoms with van der Waals surface area (Å²) in [6.07, 6.45) is 4.86. The van der Waals surface area contributed by atoms with Crippen LogP contribution in [-0.4, -0.2) is 30.1 Å². The maximum absolute atomic E-state index is 5.14. The van der Waals surface area contributed by atoms with E-state index in [0.29, 0.717) is 18.0 Å². The zero-order valence-electron chi connectivity index (χ0n) is 11.1. The van der Waals surface area contributed by atoms with Crippen molar-refractivity contribution in [2.24, 2.45) is 5.92 Å². The van der Waals surface area contributed by atoms with Gasteiger partial charge in [-0.25, -0.2) is 0 Å². The highest BCUT2D eigenvalue weighted by atomic mass is 16.3. The first-order valence-corrected chi connectivity index (χ1v) is 6.71. The third kappa shape index (κ3) is 2.90. The molecule has 96 valence electrons. The molecule has 3 atom stereocenters. The number of nitrogens with one attached hydrogen (secondary N) is 1. The van der Waals surface area contributed by atoms with Crippen molar-refractivity contribution in [3.05, 3.63) is 24.2 Å². The van der Waals surface area contributed by atoms with Gasteiger partial charge in [-0.3, -0.25) is 4.90 Å². The fraction of sp³-hybridized carbons (Fsp3) is 0.714. The van der Waals surface area contributed by atoms with Gasteiger partial charge in [-0.2, -0.15) is 0 Å². The van der Waals surface area contributed by atoms with E-state index in [1.165, 1.54) is 18.5 Å². The number of hydrogen-bond acceptors (Lipinski definition) is 3. The molecule has 1 saturated heterocycles. The lowest BCUT2D eigenvalue weighted by Gasteiger charge is -2.43. The summed E-state index contributed by atoms with van der Waals surface area (Å²) >= 11 is 0. The Balaban J connectivity index is 1.93. The van der Waals surface area contributed by atoms with Crippen LogP contribution in [0.2, 0.25) is 0 Å². The van der Waals surface area contributed by atoms with Crippen LogP contribution in [0.1, 0.15) is 32.8 Å². The van der Waals surface area contributed by atoms with Gasteiger partial charge >= 0.3 is 0 Å². The SMILES string of the molecule is CCNC1CCN(Cc2ccoc2)C(C)C1C. The molecular weight excluding hydrogens is 212 g/mol. The zero-order chi connectivity index (χ0) is 12.3. The Labute approximate surface area is 104 Å². The van der Waals surface area contributed by atoms with E-state index in [4.69, 9.17) is 4.42 Å². The molecule has 3 nitrogen and oxygen atoms in total. The molecule has 0 radical (unpaired) electrons. The summed E-state index contributed by atoms with van der Waals surface area (Å²) in [6, 6.07) is 3.37. The third-order valence-electron chi connectivity index (χ3n) is 4.13. The van der Waals surface area contributed by atoms with E-state index >= 15 is 0 Å². The Hall–Kier alpha value is -0.800. The Kier molecular flexibility index (Phi) is 4.24. The Morgan fingerprint density at radius 3 is 2.94 bits per heavy atom. The summed E-state index contributed by atoms with van der Waals surface area (Å²) in [5.74, 6) is 0.704. The lowest BCUT2D eigenvalue weighted by molar-refractivity contribution is 0.0789. The van der Waals surface area contributed by atoms with Crippen LogP contribution in [0.3, 0.4) is 0 Å². The summed E-state index contributed by atoms with van der Waals surface area (Å²) in [5.41, 5.74) is 1.28. The van der Waals surface area contributed by atoms with Crippen molar-refractivity contribution in [3.63, 3.8) is 0 Å². The van der Waals surface area contributed by atoms with Crippen molar-refractivity contribution < 1.29 is 4.42 Å². The topological polar surface area (TPSA) is 28.4 Å². The highest BCUT2D eigenvalue weighted by Gasteiger charge is 2.31. The van der Waals surface area contributed by atoms with Gasteiger partial charge in [0.15, 0.2) is 0 Å². The van der Waals surface area contributed by atoms with E-state index in [9.17, 15) is 0 Å². The Morgan fingerprint density at radius 2 is 2.29 bits per heavy atom. The monoisotopic (exact) mass is 236 g/mol. The molecular formula is C14H24N2O. The fourth-order valence-corrected chi connectivity index (χ4v) is 2.83. The number of piperidine rings is 1. The molecule has 1 aromatic heterocycles. The largest absolute Gasteiger partial charge is 0.472 e. The molecule has 2 rings (SSSR count). The van der Waals surface area contributed by atoms with E-state index in [1.54, 1.807) is 6.26 Å². The summed E-state index contributed by atoms with van der Waals surface area (Å²) < 4.78 is 5.14. The quantitative estimate of drug-likeness (QED) is 0.870. The third-order valence-corrected chi connectivity index (χ3v) is 4.13. The lowest BCUT2D eigenvalue weighted by Crippen LogP contribution is -2.52. The summed E-state index contributed by atoms with van der Waals surface area (Å²) in [6.45, 7) is 10.2. The molecule has 1 aromatic rings. The van der Waals surface area contributed by atoms with Crippen LogP contribution in [0.15, 0.2) is 23.0 Å². The standard InChI is InChI=1S/C14H24N2O/c1-4-15-14-5-7-16(12(3)11(14)2)9-13-6-8-17-10-13/h6,8,10-12,14-15H,4-5,7,9H2,1-3H3. The van der Waals surface area contributed by atoms with Crippen LogP contribution in [0.5, 0.6) is 0 Å². The van der Waals surface area contributed by atoms with Crippen molar-refractivity contribution in [2.45, 2.75) is 45.8 Å². The number of hydrogen-bond donors (Lipinski definition) is 1. The van der Waals surface area contributed by atoms with Crippen LogP contribution in [0, 0.1) is 5.92 Å². The summed E-state index contributed by atoms with van der Waals surface area (Å²) in [7, 11) is 0. The van der Waals surface area contributed by atoms with Gasteiger partial charge in [0.25, 0.3) is 0 Å². The van der Waals surface area contributed by atoms with Crippen molar-refractivity contribution in [1.82, 2.24) is 10.2 Å². The molecule has 3 unspecified atom stereocenters. The van der Waals surface area contributed by atoms with Gasteiger partial charge < -0.3 is 9.73 Å².